The zero-order valence-electron chi connectivity index (χ0n) is 17.0. The van der Waals surface area contributed by atoms with Crippen LogP contribution in [0.2, 0.25) is 0 Å². The minimum atomic E-state index is -2.91. The maximum atomic E-state index is 11.8. The molecule has 0 spiro atoms. The maximum Gasteiger partial charge on any atom is 0.412 e. The lowest BCUT2D eigenvalue weighted by Crippen LogP contribution is -2.51. The number of benzene rings is 1. The molecular weight excluding hydrogens is 424 g/mol. The number of rotatable bonds is 3. The second-order valence-electron chi connectivity index (χ2n) is 8.14. The van der Waals surface area contributed by atoms with E-state index in [2.05, 4.69) is 5.10 Å². The maximum absolute atomic E-state index is 11.8. The van der Waals surface area contributed by atoms with Gasteiger partial charge in [-0.2, -0.15) is 5.10 Å². The summed E-state index contributed by atoms with van der Waals surface area (Å²) < 4.78 is 25.0. The van der Waals surface area contributed by atoms with Crippen molar-refractivity contribution in [3.8, 4) is 11.1 Å². The highest BCUT2D eigenvalue weighted by atomic mass is 32.2. The SMILES string of the molecule is C[C@H]1CN(C(=O)O)c2cc(-c3cnn(CC4CCS(=O)(=O)CC4)c3)ccc2N1C(=O)O. The number of aromatic nitrogens is 2. The van der Waals surface area contributed by atoms with E-state index in [1.807, 2.05) is 6.20 Å². The number of hydrogen-bond donors (Lipinski definition) is 2. The molecule has 2 aliphatic rings. The summed E-state index contributed by atoms with van der Waals surface area (Å²) in [5.41, 5.74) is 2.14. The van der Waals surface area contributed by atoms with Crippen LogP contribution in [0.1, 0.15) is 19.8 Å². The molecule has 0 unspecified atom stereocenters. The van der Waals surface area contributed by atoms with Crippen molar-refractivity contribution >= 4 is 33.4 Å². The van der Waals surface area contributed by atoms with Crippen molar-refractivity contribution in [3.63, 3.8) is 0 Å². The fourth-order valence-electron chi connectivity index (χ4n) is 4.28. The first-order valence-corrected chi connectivity index (χ1v) is 11.9. The van der Waals surface area contributed by atoms with Gasteiger partial charge in [0.05, 0.1) is 41.7 Å². The van der Waals surface area contributed by atoms with Gasteiger partial charge in [0.2, 0.25) is 0 Å². The average Bonchev–Trinajstić information content (AvgIpc) is 3.16. The van der Waals surface area contributed by atoms with E-state index >= 15 is 0 Å². The highest BCUT2D eigenvalue weighted by molar-refractivity contribution is 7.91. The van der Waals surface area contributed by atoms with Crippen molar-refractivity contribution in [1.82, 2.24) is 9.78 Å². The van der Waals surface area contributed by atoms with Crippen molar-refractivity contribution in [1.29, 1.82) is 0 Å². The summed E-state index contributed by atoms with van der Waals surface area (Å²) >= 11 is 0. The molecule has 1 saturated heterocycles. The highest BCUT2D eigenvalue weighted by Gasteiger charge is 2.35. The van der Waals surface area contributed by atoms with Crippen LogP contribution in [0.15, 0.2) is 30.6 Å². The quantitative estimate of drug-likeness (QED) is 0.737. The molecule has 2 aromatic rings. The largest absolute Gasteiger partial charge is 0.465 e. The van der Waals surface area contributed by atoms with Crippen LogP contribution in [0.25, 0.3) is 11.1 Å². The van der Waals surface area contributed by atoms with Gasteiger partial charge in [-0.25, -0.2) is 18.0 Å². The van der Waals surface area contributed by atoms with Crippen molar-refractivity contribution in [3.05, 3.63) is 30.6 Å². The molecule has 0 aliphatic carbocycles. The van der Waals surface area contributed by atoms with E-state index in [-0.39, 0.29) is 24.0 Å². The second kappa shape index (κ2) is 7.88. The summed E-state index contributed by atoms with van der Waals surface area (Å²) in [5.74, 6) is 0.660. The van der Waals surface area contributed by atoms with Gasteiger partial charge in [-0.3, -0.25) is 14.5 Å². The average molecular weight is 449 g/mol. The van der Waals surface area contributed by atoms with E-state index in [9.17, 15) is 28.2 Å². The fourth-order valence-corrected chi connectivity index (χ4v) is 5.86. The van der Waals surface area contributed by atoms with Crippen LogP contribution in [0.4, 0.5) is 21.0 Å². The molecule has 31 heavy (non-hydrogen) atoms. The van der Waals surface area contributed by atoms with Crippen molar-refractivity contribution in [2.75, 3.05) is 27.9 Å². The summed E-state index contributed by atoms with van der Waals surface area (Å²) in [6, 6.07) is 4.53. The molecule has 0 saturated carbocycles. The predicted molar refractivity (Wildman–Crippen MR) is 114 cm³/mol. The van der Waals surface area contributed by atoms with Gasteiger partial charge in [0.15, 0.2) is 0 Å². The van der Waals surface area contributed by atoms with Gasteiger partial charge >= 0.3 is 12.2 Å². The molecular formula is C20H24N4O6S. The van der Waals surface area contributed by atoms with Crippen LogP contribution in [-0.2, 0) is 16.4 Å². The molecule has 2 N–H and O–H groups in total. The van der Waals surface area contributed by atoms with E-state index in [0.717, 1.165) is 16.0 Å². The van der Waals surface area contributed by atoms with Crippen LogP contribution in [0.3, 0.4) is 0 Å². The molecule has 0 bridgehead atoms. The van der Waals surface area contributed by atoms with Crippen LogP contribution >= 0.6 is 0 Å². The summed E-state index contributed by atoms with van der Waals surface area (Å²) in [6.07, 6.45) is 2.48. The Morgan fingerprint density at radius 3 is 2.45 bits per heavy atom. The summed E-state index contributed by atoms with van der Waals surface area (Å²) in [5, 5.41) is 23.6. The molecule has 2 amide bonds. The number of anilines is 2. The van der Waals surface area contributed by atoms with Crippen LogP contribution in [-0.4, -0.2) is 64.7 Å². The Morgan fingerprint density at radius 2 is 1.81 bits per heavy atom. The Balaban J connectivity index is 1.59. The Kier molecular flexibility index (Phi) is 5.38. The molecule has 1 aromatic carbocycles. The Morgan fingerprint density at radius 1 is 1.10 bits per heavy atom. The zero-order valence-corrected chi connectivity index (χ0v) is 17.8. The molecule has 11 heteroatoms. The number of fused-ring (bicyclic) bond motifs is 1. The topological polar surface area (TPSA) is 133 Å². The van der Waals surface area contributed by atoms with Crippen LogP contribution in [0.5, 0.6) is 0 Å². The van der Waals surface area contributed by atoms with Gasteiger partial charge in [0, 0.05) is 18.3 Å². The number of carbonyl (C=O) groups is 2. The normalized spacial score (nSPS) is 21.0. The van der Waals surface area contributed by atoms with E-state index in [1.54, 1.807) is 36.0 Å². The van der Waals surface area contributed by atoms with Crippen molar-refractivity contribution in [2.24, 2.45) is 5.92 Å². The van der Waals surface area contributed by atoms with E-state index in [4.69, 9.17) is 0 Å². The third-order valence-corrected chi connectivity index (χ3v) is 7.65. The molecule has 1 aromatic heterocycles. The molecule has 3 heterocycles. The monoisotopic (exact) mass is 448 g/mol. The minimum absolute atomic E-state index is 0.0436. The van der Waals surface area contributed by atoms with Gasteiger partial charge < -0.3 is 10.2 Å². The first-order valence-electron chi connectivity index (χ1n) is 10.0. The molecule has 1 atom stereocenters. The standard InChI is InChI=1S/C20H24N4O6S/c1-13-10-23(19(25)26)18-8-15(2-3-17(18)24(13)20(27)28)16-9-21-22(12-16)11-14-4-6-31(29,30)7-5-14/h2-3,8-9,12-14H,4-7,10-11H2,1H3,(H,25,26)(H,27,28)/t13-/m0/s1. The zero-order chi connectivity index (χ0) is 22.3. The number of amides is 2. The molecule has 4 rings (SSSR count). The number of nitrogens with zero attached hydrogens (tertiary/aromatic N) is 4. The van der Waals surface area contributed by atoms with E-state index in [0.29, 0.717) is 30.8 Å². The van der Waals surface area contributed by atoms with Crippen molar-refractivity contribution < 1.29 is 28.2 Å². The Hall–Kier alpha value is -3.08. The summed E-state index contributed by atoms with van der Waals surface area (Å²) in [6.45, 7) is 2.33. The number of hydrogen-bond acceptors (Lipinski definition) is 5. The van der Waals surface area contributed by atoms with Crippen LogP contribution in [0, 0.1) is 5.92 Å². The summed E-state index contributed by atoms with van der Waals surface area (Å²) in [4.78, 5) is 25.8. The smallest absolute Gasteiger partial charge is 0.412 e. The predicted octanol–water partition coefficient (Wildman–Crippen LogP) is 2.75. The molecule has 10 nitrogen and oxygen atoms in total. The third kappa shape index (κ3) is 4.22. The molecule has 2 aliphatic heterocycles. The Bertz CT molecular complexity index is 1110. The van der Waals surface area contributed by atoms with Gasteiger partial charge in [0.1, 0.15) is 9.84 Å². The first-order chi connectivity index (χ1) is 14.6. The van der Waals surface area contributed by atoms with Gasteiger partial charge in [-0.1, -0.05) is 6.07 Å². The van der Waals surface area contributed by atoms with Gasteiger partial charge in [-0.05, 0) is 43.4 Å². The summed E-state index contributed by atoms with van der Waals surface area (Å²) in [7, 11) is -2.91. The van der Waals surface area contributed by atoms with E-state index in [1.165, 1.54) is 4.90 Å². The first kappa shape index (κ1) is 21.2. The third-order valence-electron chi connectivity index (χ3n) is 5.94. The lowest BCUT2D eigenvalue weighted by Gasteiger charge is -2.38. The lowest BCUT2D eigenvalue weighted by molar-refractivity contribution is 0.194. The van der Waals surface area contributed by atoms with Gasteiger partial charge in [-0.15, -0.1) is 0 Å². The van der Waals surface area contributed by atoms with Crippen LogP contribution < -0.4 is 9.80 Å². The second-order valence-corrected chi connectivity index (χ2v) is 10.4. The minimum Gasteiger partial charge on any atom is -0.465 e. The lowest BCUT2D eigenvalue weighted by atomic mass is 10.0. The molecule has 1 fully saturated rings. The van der Waals surface area contributed by atoms with E-state index < -0.39 is 28.1 Å². The molecule has 166 valence electrons. The van der Waals surface area contributed by atoms with Crippen molar-refractivity contribution in [2.45, 2.75) is 32.4 Å². The number of sulfone groups is 1. The number of carboxylic acid groups (broad SMARTS) is 2. The van der Waals surface area contributed by atoms with Gasteiger partial charge in [0.25, 0.3) is 0 Å². The Labute approximate surface area is 179 Å². The molecule has 0 radical (unpaired) electrons. The highest BCUT2D eigenvalue weighted by Crippen LogP contribution is 2.38. The fraction of sp³-hybridized carbons (Fsp3) is 0.450.